The lowest BCUT2D eigenvalue weighted by molar-refractivity contribution is -0.133. The summed E-state index contributed by atoms with van der Waals surface area (Å²) in [6.45, 7) is 4.40. The van der Waals surface area contributed by atoms with Crippen molar-refractivity contribution in [3.63, 3.8) is 0 Å². The van der Waals surface area contributed by atoms with Gasteiger partial charge in [-0.1, -0.05) is 12.1 Å². The van der Waals surface area contributed by atoms with Crippen LogP contribution in [0.1, 0.15) is 37.2 Å². The summed E-state index contributed by atoms with van der Waals surface area (Å²) in [5.41, 5.74) is 10.7. The molecule has 7 nitrogen and oxygen atoms in total. The van der Waals surface area contributed by atoms with Crippen molar-refractivity contribution in [2.24, 2.45) is 11.6 Å². The van der Waals surface area contributed by atoms with Crippen LogP contribution in [0, 0.1) is 0 Å². The lowest BCUT2D eigenvalue weighted by atomic mass is 9.84. The van der Waals surface area contributed by atoms with Gasteiger partial charge in [0.05, 0.1) is 5.03 Å². The summed E-state index contributed by atoms with van der Waals surface area (Å²) in [5, 5.41) is 9.69. The Morgan fingerprint density at radius 2 is 1.71 bits per heavy atom. The van der Waals surface area contributed by atoms with Gasteiger partial charge in [0.15, 0.2) is 5.70 Å². The zero-order valence-electron chi connectivity index (χ0n) is 16.4. The zero-order valence-corrected chi connectivity index (χ0v) is 17.3. The normalized spacial score (nSPS) is 24.6. The van der Waals surface area contributed by atoms with Crippen molar-refractivity contribution in [3.05, 3.63) is 40.6 Å². The van der Waals surface area contributed by atoms with Crippen LogP contribution in [0.2, 0.25) is 0 Å². The molecule has 154 valence electrons. The van der Waals surface area contributed by atoms with Crippen LogP contribution in [0.4, 0.5) is 5.69 Å². The number of nitrogens with two attached hydrogens (primary N) is 2. The van der Waals surface area contributed by atoms with E-state index >= 15 is 0 Å². The fourth-order valence-electron chi connectivity index (χ4n) is 4.01. The maximum Gasteiger partial charge on any atom is 0.356 e. The van der Waals surface area contributed by atoms with Gasteiger partial charge in [-0.05, 0) is 56.3 Å². The van der Waals surface area contributed by atoms with Crippen LogP contribution >= 0.6 is 11.8 Å². The number of aliphatic carboxylic acids is 1. The van der Waals surface area contributed by atoms with Crippen molar-refractivity contribution in [1.82, 2.24) is 10.3 Å². The van der Waals surface area contributed by atoms with E-state index in [1.807, 2.05) is 0 Å². The molecule has 1 saturated heterocycles. The van der Waals surface area contributed by atoms with E-state index in [2.05, 4.69) is 46.5 Å². The molecular formula is C20H31N5O2S. The summed E-state index contributed by atoms with van der Waals surface area (Å²) in [4.78, 5) is 15.9. The number of carbonyl (C=O) groups is 1. The highest BCUT2D eigenvalue weighted by Gasteiger charge is 2.25. The molecule has 0 aromatic heterocycles. The van der Waals surface area contributed by atoms with E-state index in [0.717, 1.165) is 51.9 Å². The summed E-state index contributed by atoms with van der Waals surface area (Å²) in [5.74, 6) is 4.70. The van der Waals surface area contributed by atoms with Gasteiger partial charge in [0.25, 0.3) is 0 Å². The summed E-state index contributed by atoms with van der Waals surface area (Å²) < 4.78 is 0. The summed E-state index contributed by atoms with van der Waals surface area (Å²) in [7, 11) is 2.17. The topological polar surface area (TPSA) is 108 Å². The number of likely N-dealkylation sites (N-methyl/N-ethyl adjacent to an activating group) is 1. The number of nitrogens with zero attached hydrogens (tertiary/aromatic N) is 2. The summed E-state index contributed by atoms with van der Waals surface area (Å²) in [6, 6.07) is 9.07. The minimum absolute atomic E-state index is 0.119. The number of anilines is 1. The van der Waals surface area contributed by atoms with Gasteiger partial charge in [0, 0.05) is 37.1 Å². The summed E-state index contributed by atoms with van der Waals surface area (Å²) in [6.07, 6.45) is 4.23. The Morgan fingerprint density at radius 3 is 2.25 bits per heavy atom. The Morgan fingerprint density at radius 1 is 1.11 bits per heavy atom. The van der Waals surface area contributed by atoms with Crippen molar-refractivity contribution in [2.45, 2.75) is 36.9 Å². The standard InChI is InChI=1S/C20H31N5O2S/c1-24-10-12-25(13-11-24)16-6-2-14(3-7-16)15-4-8-17(9-5-15)28-19(21)18(23-22)20(26)27/h2-3,6-7,15,17,23H,4-5,8-13,21-22H2,1H3,(H,26,27)/b19-18+. The van der Waals surface area contributed by atoms with Crippen LogP contribution in [0.25, 0.3) is 0 Å². The Bertz CT molecular complexity index is 693. The van der Waals surface area contributed by atoms with Crippen molar-refractivity contribution >= 4 is 23.4 Å². The lowest BCUT2D eigenvalue weighted by Crippen LogP contribution is -2.44. The third-order valence-corrected chi connectivity index (χ3v) is 7.07. The maximum atomic E-state index is 11.1. The van der Waals surface area contributed by atoms with Crippen LogP contribution in [0.3, 0.4) is 0 Å². The van der Waals surface area contributed by atoms with Gasteiger partial charge in [-0.2, -0.15) is 0 Å². The number of hydrogen-bond donors (Lipinski definition) is 4. The molecule has 2 aliphatic rings. The number of hydrogen-bond acceptors (Lipinski definition) is 7. The number of carboxylic acid groups (broad SMARTS) is 1. The van der Waals surface area contributed by atoms with E-state index in [4.69, 9.17) is 16.7 Å². The van der Waals surface area contributed by atoms with Gasteiger partial charge in [0.1, 0.15) is 0 Å². The van der Waals surface area contributed by atoms with Crippen molar-refractivity contribution < 1.29 is 9.90 Å². The number of nitrogens with one attached hydrogen (secondary N) is 1. The van der Waals surface area contributed by atoms with Gasteiger partial charge in [-0.25, -0.2) is 4.79 Å². The van der Waals surface area contributed by atoms with E-state index in [9.17, 15) is 4.79 Å². The molecule has 2 fully saturated rings. The van der Waals surface area contributed by atoms with Crippen molar-refractivity contribution in [1.29, 1.82) is 0 Å². The number of thioether (sulfide) groups is 1. The molecular weight excluding hydrogens is 374 g/mol. The van der Waals surface area contributed by atoms with E-state index in [-0.39, 0.29) is 10.7 Å². The second kappa shape index (κ2) is 9.54. The van der Waals surface area contributed by atoms with Gasteiger partial charge >= 0.3 is 5.97 Å². The average molecular weight is 406 g/mol. The molecule has 1 heterocycles. The van der Waals surface area contributed by atoms with Crippen molar-refractivity contribution in [3.8, 4) is 0 Å². The molecule has 0 amide bonds. The first-order valence-electron chi connectivity index (χ1n) is 9.87. The number of hydrazine groups is 1. The monoisotopic (exact) mass is 405 g/mol. The molecule has 1 aliphatic heterocycles. The molecule has 1 aliphatic carbocycles. The largest absolute Gasteiger partial charge is 0.476 e. The minimum atomic E-state index is -1.12. The smallest absolute Gasteiger partial charge is 0.356 e. The molecule has 3 rings (SSSR count). The van der Waals surface area contributed by atoms with Gasteiger partial charge < -0.3 is 26.1 Å². The fourth-order valence-corrected chi connectivity index (χ4v) is 5.14. The predicted octanol–water partition coefficient (Wildman–Crippen LogP) is 1.87. The maximum absolute atomic E-state index is 11.1. The molecule has 8 heteroatoms. The number of rotatable bonds is 6. The molecule has 1 saturated carbocycles. The Hall–Kier alpha value is -1.90. The first-order chi connectivity index (χ1) is 13.5. The molecule has 0 atom stereocenters. The molecule has 0 spiro atoms. The van der Waals surface area contributed by atoms with Crippen LogP contribution in [0.15, 0.2) is 35.0 Å². The minimum Gasteiger partial charge on any atom is -0.476 e. The Labute approximate surface area is 171 Å². The second-order valence-electron chi connectivity index (χ2n) is 7.66. The lowest BCUT2D eigenvalue weighted by Gasteiger charge is -2.34. The highest BCUT2D eigenvalue weighted by Crippen LogP contribution is 2.39. The molecule has 6 N–H and O–H groups in total. The van der Waals surface area contributed by atoms with Gasteiger partial charge in [-0.15, -0.1) is 11.8 Å². The molecule has 0 bridgehead atoms. The zero-order chi connectivity index (χ0) is 20.1. The molecule has 0 radical (unpaired) electrons. The number of piperazine rings is 1. The van der Waals surface area contributed by atoms with E-state index < -0.39 is 5.97 Å². The number of carboxylic acids is 1. The van der Waals surface area contributed by atoms with Crippen LogP contribution < -0.4 is 21.9 Å². The van der Waals surface area contributed by atoms with Gasteiger partial charge in [-0.3, -0.25) is 5.84 Å². The first-order valence-corrected chi connectivity index (χ1v) is 10.8. The highest BCUT2D eigenvalue weighted by atomic mass is 32.2. The van der Waals surface area contributed by atoms with Crippen LogP contribution in [0.5, 0.6) is 0 Å². The molecule has 1 aromatic carbocycles. The van der Waals surface area contributed by atoms with Crippen LogP contribution in [-0.2, 0) is 4.79 Å². The second-order valence-corrected chi connectivity index (χ2v) is 9.00. The van der Waals surface area contributed by atoms with E-state index in [0.29, 0.717) is 11.2 Å². The first kappa shape index (κ1) is 20.8. The molecule has 28 heavy (non-hydrogen) atoms. The van der Waals surface area contributed by atoms with Crippen LogP contribution in [-0.4, -0.2) is 54.5 Å². The molecule has 0 unspecified atom stereocenters. The highest BCUT2D eigenvalue weighted by molar-refractivity contribution is 8.03. The van der Waals surface area contributed by atoms with Gasteiger partial charge in [0.2, 0.25) is 0 Å². The third kappa shape index (κ3) is 5.12. The fraction of sp³-hybridized carbons (Fsp3) is 0.550. The quantitative estimate of drug-likeness (QED) is 0.323. The molecule has 1 aromatic rings. The van der Waals surface area contributed by atoms with Crippen molar-refractivity contribution in [2.75, 3.05) is 38.1 Å². The van der Waals surface area contributed by atoms with E-state index in [1.165, 1.54) is 23.0 Å². The SMILES string of the molecule is CN1CCN(c2ccc(C3CCC(S/C(N)=C(/NN)C(=O)O)CC3)cc2)CC1. The van der Waals surface area contributed by atoms with E-state index in [1.54, 1.807) is 0 Å². The predicted molar refractivity (Wildman–Crippen MR) is 115 cm³/mol. The summed E-state index contributed by atoms with van der Waals surface area (Å²) >= 11 is 1.42. The third-order valence-electron chi connectivity index (χ3n) is 5.81. The number of benzene rings is 1. The average Bonchev–Trinajstić information content (AvgIpc) is 2.69. The Balaban J connectivity index is 1.53. The Kier molecular flexibility index (Phi) is 7.09.